The molecule has 0 radical (unpaired) electrons. The zero-order valence-electron chi connectivity index (χ0n) is 12.1. The second-order valence-corrected chi connectivity index (χ2v) is 5.53. The van der Waals surface area contributed by atoms with Crippen LogP contribution < -0.4 is 0 Å². The van der Waals surface area contributed by atoms with E-state index in [1.165, 1.54) is 7.11 Å². The number of ether oxygens (including phenoxy) is 1. The zero-order valence-corrected chi connectivity index (χ0v) is 13.7. The fourth-order valence-electron chi connectivity index (χ4n) is 2.06. The maximum atomic E-state index is 11.5. The Bertz CT molecular complexity index is 596. The van der Waals surface area contributed by atoms with Gasteiger partial charge in [-0.1, -0.05) is 28.9 Å². The summed E-state index contributed by atoms with van der Waals surface area (Å²) in [6, 6.07) is 9.39. The van der Waals surface area contributed by atoms with E-state index in [-0.39, 0.29) is 5.97 Å². The molecule has 0 spiro atoms. The van der Waals surface area contributed by atoms with Crippen LogP contribution in [0.1, 0.15) is 28.6 Å². The Balaban J connectivity index is 2.08. The molecule has 0 fully saturated rings. The molecule has 0 aliphatic heterocycles. The summed E-state index contributed by atoms with van der Waals surface area (Å²) in [7, 11) is 1.38. The van der Waals surface area contributed by atoms with Crippen LogP contribution in [0.2, 0.25) is 0 Å². The predicted molar refractivity (Wildman–Crippen MR) is 84.0 cm³/mol. The molecule has 0 amide bonds. The molecule has 1 aromatic heterocycles. The summed E-state index contributed by atoms with van der Waals surface area (Å²) in [5.74, 6) is 0.615. The first-order valence-electron chi connectivity index (χ1n) is 6.75. The molecule has 5 heteroatoms. The number of hydrogen-bond donors (Lipinski definition) is 0. The standard InChI is InChI=1S/C16H18BrNO3/c1-3-18(11-14-5-4-8-21-14)10-13-7-6-12(9-15(13)17)16(19)20-2/h4-9H,3,10-11H2,1-2H3. The molecule has 0 unspecified atom stereocenters. The van der Waals surface area contributed by atoms with Gasteiger partial charge < -0.3 is 9.15 Å². The van der Waals surface area contributed by atoms with Gasteiger partial charge in [0, 0.05) is 11.0 Å². The fourth-order valence-corrected chi connectivity index (χ4v) is 2.57. The van der Waals surface area contributed by atoms with Crippen molar-refractivity contribution < 1.29 is 13.9 Å². The van der Waals surface area contributed by atoms with Crippen LogP contribution in [0.5, 0.6) is 0 Å². The van der Waals surface area contributed by atoms with Crippen molar-refractivity contribution in [2.45, 2.75) is 20.0 Å². The highest BCUT2D eigenvalue weighted by Gasteiger charge is 2.12. The summed E-state index contributed by atoms with van der Waals surface area (Å²) in [6.07, 6.45) is 1.68. The van der Waals surface area contributed by atoms with Crippen LogP contribution in [0.25, 0.3) is 0 Å². The number of furan rings is 1. The van der Waals surface area contributed by atoms with Gasteiger partial charge in [0.05, 0.1) is 25.5 Å². The third-order valence-electron chi connectivity index (χ3n) is 3.27. The average Bonchev–Trinajstić information content (AvgIpc) is 3.00. The number of nitrogens with zero attached hydrogens (tertiary/aromatic N) is 1. The first kappa shape index (κ1) is 15.8. The molecule has 4 nitrogen and oxygen atoms in total. The number of carbonyl (C=O) groups excluding carboxylic acids is 1. The van der Waals surface area contributed by atoms with Gasteiger partial charge in [-0.15, -0.1) is 0 Å². The van der Waals surface area contributed by atoms with E-state index in [1.54, 1.807) is 18.4 Å². The summed E-state index contributed by atoms with van der Waals surface area (Å²) in [6.45, 7) is 4.56. The van der Waals surface area contributed by atoms with E-state index in [4.69, 9.17) is 9.15 Å². The molecule has 2 aromatic rings. The van der Waals surface area contributed by atoms with Crippen LogP contribution in [-0.2, 0) is 17.8 Å². The largest absolute Gasteiger partial charge is 0.468 e. The van der Waals surface area contributed by atoms with Crippen molar-refractivity contribution in [2.75, 3.05) is 13.7 Å². The van der Waals surface area contributed by atoms with Gasteiger partial charge in [0.2, 0.25) is 0 Å². The van der Waals surface area contributed by atoms with Crippen molar-refractivity contribution in [1.29, 1.82) is 0 Å². The predicted octanol–water partition coefficient (Wildman–Crippen LogP) is 3.85. The van der Waals surface area contributed by atoms with Crippen molar-refractivity contribution in [1.82, 2.24) is 4.90 Å². The second-order valence-electron chi connectivity index (χ2n) is 4.68. The molecular formula is C16H18BrNO3. The van der Waals surface area contributed by atoms with Crippen LogP contribution >= 0.6 is 15.9 Å². The molecule has 0 aliphatic rings. The van der Waals surface area contributed by atoms with E-state index >= 15 is 0 Å². The third-order valence-corrected chi connectivity index (χ3v) is 4.01. The van der Waals surface area contributed by atoms with Gasteiger partial charge in [0.25, 0.3) is 0 Å². The molecule has 0 atom stereocenters. The van der Waals surface area contributed by atoms with Crippen LogP contribution in [0.4, 0.5) is 0 Å². The Morgan fingerprint density at radius 3 is 2.71 bits per heavy atom. The Kier molecular flexibility index (Phi) is 5.59. The zero-order chi connectivity index (χ0) is 15.2. The van der Waals surface area contributed by atoms with Crippen LogP contribution in [0.3, 0.4) is 0 Å². The third kappa shape index (κ3) is 4.19. The Morgan fingerprint density at radius 2 is 2.14 bits per heavy atom. The first-order valence-corrected chi connectivity index (χ1v) is 7.54. The number of benzene rings is 1. The lowest BCUT2D eigenvalue weighted by Crippen LogP contribution is -2.22. The van der Waals surface area contributed by atoms with Crippen molar-refractivity contribution in [3.8, 4) is 0 Å². The molecule has 0 N–H and O–H groups in total. The minimum absolute atomic E-state index is 0.329. The van der Waals surface area contributed by atoms with Gasteiger partial charge in [-0.25, -0.2) is 4.79 Å². The Morgan fingerprint density at radius 1 is 1.33 bits per heavy atom. The highest BCUT2D eigenvalue weighted by atomic mass is 79.9. The average molecular weight is 352 g/mol. The lowest BCUT2D eigenvalue weighted by molar-refractivity contribution is 0.0600. The quantitative estimate of drug-likeness (QED) is 0.741. The second kappa shape index (κ2) is 7.43. The van der Waals surface area contributed by atoms with Crippen molar-refractivity contribution in [3.63, 3.8) is 0 Å². The summed E-state index contributed by atoms with van der Waals surface area (Å²) in [4.78, 5) is 13.8. The lowest BCUT2D eigenvalue weighted by Gasteiger charge is -2.20. The smallest absolute Gasteiger partial charge is 0.337 e. The molecule has 0 saturated carbocycles. The Hall–Kier alpha value is -1.59. The molecule has 0 bridgehead atoms. The minimum Gasteiger partial charge on any atom is -0.468 e. The number of carbonyl (C=O) groups is 1. The van der Waals surface area contributed by atoms with E-state index in [9.17, 15) is 4.79 Å². The van der Waals surface area contributed by atoms with Gasteiger partial charge in [0.1, 0.15) is 5.76 Å². The summed E-state index contributed by atoms with van der Waals surface area (Å²) >= 11 is 3.52. The van der Waals surface area contributed by atoms with Gasteiger partial charge in [-0.2, -0.15) is 0 Å². The number of methoxy groups -OCH3 is 1. The number of hydrogen-bond acceptors (Lipinski definition) is 4. The highest BCUT2D eigenvalue weighted by molar-refractivity contribution is 9.10. The van der Waals surface area contributed by atoms with E-state index in [0.717, 1.165) is 35.4 Å². The Labute approximate surface area is 132 Å². The molecule has 0 saturated heterocycles. The van der Waals surface area contributed by atoms with Crippen molar-refractivity contribution >= 4 is 21.9 Å². The van der Waals surface area contributed by atoms with Crippen LogP contribution in [0.15, 0.2) is 45.5 Å². The van der Waals surface area contributed by atoms with Crippen molar-refractivity contribution in [3.05, 3.63) is 58.0 Å². The van der Waals surface area contributed by atoms with Gasteiger partial charge in [-0.3, -0.25) is 4.90 Å². The number of rotatable bonds is 6. The lowest BCUT2D eigenvalue weighted by atomic mass is 10.1. The first-order chi connectivity index (χ1) is 10.1. The normalized spacial score (nSPS) is 10.9. The van der Waals surface area contributed by atoms with Crippen LogP contribution in [0, 0.1) is 0 Å². The topological polar surface area (TPSA) is 42.7 Å². The summed E-state index contributed by atoms with van der Waals surface area (Å²) < 4.78 is 11.0. The molecule has 0 aliphatic carbocycles. The van der Waals surface area contributed by atoms with Gasteiger partial charge in [-0.05, 0) is 36.4 Å². The van der Waals surface area contributed by atoms with Crippen LogP contribution in [-0.4, -0.2) is 24.5 Å². The highest BCUT2D eigenvalue weighted by Crippen LogP contribution is 2.21. The van der Waals surface area contributed by atoms with Gasteiger partial charge >= 0.3 is 5.97 Å². The van der Waals surface area contributed by atoms with E-state index in [2.05, 4.69) is 27.8 Å². The monoisotopic (exact) mass is 351 g/mol. The summed E-state index contributed by atoms with van der Waals surface area (Å²) in [5.41, 5.74) is 1.67. The maximum Gasteiger partial charge on any atom is 0.337 e. The fraction of sp³-hybridized carbons (Fsp3) is 0.312. The number of esters is 1. The molecule has 1 aromatic carbocycles. The van der Waals surface area contributed by atoms with E-state index in [1.807, 2.05) is 18.2 Å². The molecular weight excluding hydrogens is 334 g/mol. The maximum absolute atomic E-state index is 11.5. The SMILES string of the molecule is CCN(Cc1ccco1)Cc1ccc(C(=O)OC)cc1Br. The van der Waals surface area contributed by atoms with E-state index < -0.39 is 0 Å². The minimum atomic E-state index is -0.329. The summed E-state index contributed by atoms with van der Waals surface area (Å²) in [5, 5.41) is 0. The van der Waals surface area contributed by atoms with Gasteiger partial charge in [0.15, 0.2) is 0 Å². The molecule has 21 heavy (non-hydrogen) atoms. The molecule has 1 heterocycles. The van der Waals surface area contributed by atoms with E-state index in [0.29, 0.717) is 5.56 Å². The van der Waals surface area contributed by atoms with Crippen molar-refractivity contribution in [2.24, 2.45) is 0 Å². The molecule has 112 valence electrons. The number of halogens is 1. The molecule has 2 rings (SSSR count).